The van der Waals surface area contributed by atoms with Crippen molar-refractivity contribution >= 4 is 17.8 Å². The van der Waals surface area contributed by atoms with E-state index in [9.17, 15) is 19.5 Å². The molecule has 0 aromatic heterocycles. The maximum atomic E-state index is 13.4. The summed E-state index contributed by atoms with van der Waals surface area (Å²) in [4.78, 5) is 41.9. The molecule has 1 heterocycles. The topological polar surface area (TPSA) is 90.0 Å². The van der Waals surface area contributed by atoms with E-state index < -0.39 is 12.0 Å². The van der Waals surface area contributed by atoms with E-state index in [0.29, 0.717) is 5.92 Å². The van der Waals surface area contributed by atoms with Gasteiger partial charge in [0.15, 0.2) is 0 Å². The van der Waals surface area contributed by atoms with Gasteiger partial charge in [0.05, 0.1) is 12.1 Å². The first-order valence-electron chi connectivity index (χ1n) is 12.1. The number of likely N-dealkylation sites (tertiary alicyclic amines) is 1. The van der Waals surface area contributed by atoms with Gasteiger partial charge in [0.25, 0.3) is 0 Å². The Balaban J connectivity index is 3.06. The zero-order chi connectivity index (χ0) is 24.7. The van der Waals surface area contributed by atoms with Crippen molar-refractivity contribution in [2.75, 3.05) is 13.6 Å². The summed E-state index contributed by atoms with van der Waals surface area (Å²) in [5.41, 5.74) is 0.203. The van der Waals surface area contributed by atoms with Crippen molar-refractivity contribution in [1.29, 1.82) is 0 Å². The average molecular weight is 452 g/mol. The summed E-state index contributed by atoms with van der Waals surface area (Å²) in [7, 11) is 1.69. The number of rotatable bonds is 10. The zero-order valence-electron chi connectivity index (χ0n) is 21.5. The van der Waals surface area contributed by atoms with Crippen LogP contribution in [0.4, 0.5) is 0 Å². The maximum absolute atomic E-state index is 13.4. The van der Waals surface area contributed by atoms with Crippen molar-refractivity contribution in [3.63, 3.8) is 0 Å². The van der Waals surface area contributed by atoms with E-state index in [-0.39, 0.29) is 47.3 Å². The van der Waals surface area contributed by atoms with Gasteiger partial charge in [-0.15, -0.1) is 0 Å². The van der Waals surface area contributed by atoms with E-state index in [2.05, 4.69) is 31.0 Å². The van der Waals surface area contributed by atoms with Crippen LogP contribution in [-0.2, 0) is 14.4 Å². The lowest BCUT2D eigenvalue weighted by molar-refractivity contribution is -0.140. The second-order valence-corrected chi connectivity index (χ2v) is 10.2. The van der Waals surface area contributed by atoms with Crippen LogP contribution in [0.1, 0.15) is 74.7 Å². The van der Waals surface area contributed by atoms with Gasteiger partial charge < -0.3 is 15.3 Å². The van der Waals surface area contributed by atoms with Crippen LogP contribution in [0.2, 0.25) is 0 Å². The fraction of sp³-hybridized carbons (Fsp3) is 0.800. The Bertz CT molecular complexity index is 687. The van der Waals surface area contributed by atoms with Gasteiger partial charge in [0.2, 0.25) is 11.8 Å². The molecule has 0 aromatic carbocycles. The Morgan fingerprint density at radius 1 is 1.09 bits per heavy atom. The monoisotopic (exact) mass is 451 g/mol. The summed E-state index contributed by atoms with van der Waals surface area (Å²) in [5, 5.41) is 12.3. The molecule has 0 unspecified atom stereocenters. The Hall–Kier alpha value is -1.89. The molecule has 4 atom stereocenters. The highest BCUT2D eigenvalue weighted by atomic mass is 16.4. The van der Waals surface area contributed by atoms with E-state index >= 15 is 0 Å². The quantitative estimate of drug-likeness (QED) is 0.496. The molecule has 0 bridgehead atoms. The summed E-state index contributed by atoms with van der Waals surface area (Å²) >= 11 is 0. The molecule has 1 saturated heterocycles. The second-order valence-electron chi connectivity index (χ2n) is 10.2. The molecule has 0 radical (unpaired) electrons. The fourth-order valence-electron chi connectivity index (χ4n) is 4.47. The molecule has 7 heteroatoms. The first kappa shape index (κ1) is 28.1. The third-order valence-corrected chi connectivity index (χ3v) is 6.73. The van der Waals surface area contributed by atoms with Crippen molar-refractivity contribution in [2.45, 2.75) is 98.8 Å². The molecule has 2 N–H and O–H groups in total. The van der Waals surface area contributed by atoms with Crippen LogP contribution in [0.25, 0.3) is 0 Å². The number of likely N-dealkylation sites (N-methyl/N-ethyl adjacent to an activating group) is 1. The fourth-order valence-corrected chi connectivity index (χ4v) is 4.47. The van der Waals surface area contributed by atoms with Gasteiger partial charge >= 0.3 is 5.97 Å². The standard InChI is InChI=1S/C25H45N3O4/c1-10-19-11-12-20(28(14-19)17(6)7)23(29)26-22(16(4)5)24(30)27(9)21(15(2)3)13-18(8)25(31)32/h13,15-17,19-22H,10-12,14H2,1-9H3,(H,26,29)(H,31,32)/t19-,20-,21+,22-/m0/s1. The Morgan fingerprint density at radius 3 is 2.12 bits per heavy atom. The molecule has 2 amide bonds. The van der Waals surface area contributed by atoms with E-state index in [1.54, 1.807) is 18.0 Å². The highest BCUT2D eigenvalue weighted by Crippen LogP contribution is 2.26. The van der Waals surface area contributed by atoms with Gasteiger partial charge in [-0.25, -0.2) is 4.79 Å². The van der Waals surface area contributed by atoms with Crippen LogP contribution in [0.5, 0.6) is 0 Å². The highest BCUT2D eigenvalue weighted by molar-refractivity contribution is 5.90. The minimum atomic E-state index is -0.998. The number of hydrogen-bond acceptors (Lipinski definition) is 4. The van der Waals surface area contributed by atoms with Crippen LogP contribution in [0, 0.1) is 17.8 Å². The summed E-state index contributed by atoms with van der Waals surface area (Å²) in [6, 6.07) is -1.01. The van der Waals surface area contributed by atoms with Crippen molar-refractivity contribution in [2.24, 2.45) is 17.8 Å². The predicted octanol–water partition coefficient (Wildman–Crippen LogP) is 3.54. The SMILES string of the molecule is CC[C@H]1CC[C@@H](C(=O)N[C@H](C(=O)N(C)[C@H](C=C(C)C(=O)O)C(C)C)C(C)C)N(C(C)C)C1. The molecule has 0 spiro atoms. The normalized spacial score (nSPS) is 22.2. The van der Waals surface area contributed by atoms with Crippen molar-refractivity contribution in [1.82, 2.24) is 15.1 Å². The molecule has 0 saturated carbocycles. The summed E-state index contributed by atoms with van der Waals surface area (Å²) in [5.74, 6) is -0.743. The number of carboxylic acids is 1. The molecule has 0 aliphatic carbocycles. The molecule has 1 fully saturated rings. The molecule has 0 aromatic rings. The molecule has 7 nitrogen and oxygen atoms in total. The summed E-state index contributed by atoms with van der Waals surface area (Å²) in [6.45, 7) is 16.6. The van der Waals surface area contributed by atoms with Crippen LogP contribution in [-0.4, -0.2) is 70.4 Å². The lowest BCUT2D eigenvalue weighted by Crippen LogP contribution is -2.59. The van der Waals surface area contributed by atoms with Gasteiger partial charge in [0, 0.05) is 25.2 Å². The summed E-state index contributed by atoms with van der Waals surface area (Å²) < 4.78 is 0. The second kappa shape index (κ2) is 12.4. The first-order chi connectivity index (χ1) is 14.8. The van der Waals surface area contributed by atoms with Gasteiger partial charge in [-0.2, -0.15) is 0 Å². The number of nitrogens with one attached hydrogen (secondary N) is 1. The Labute approximate surface area is 194 Å². The van der Waals surface area contributed by atoms with Crippen LogP contribution < -0.4 is 5.32 Å². The van der Waals surface area contributed by atoms with E-state index in [1.165, 1.54) is 6.92 Å². The molecular weight excluding hydrogens is 406 g/mol. The van der Waals surface area contributed by atoms with Gasteiger partial charge in [-0.05, 0) is 51.4 Å². The van der Waals surface area contributed by atoms with E-state index in [1.807, 2.05) is 27.7 Å². The number of nitrogens with zero attached hydrogens (tertiary/aromatic N) is 2. The molecular formula is C25H45N3O4. The maximum Gasteiger partial charge on any atom is 0.331 e. The largest absolute Gasteiger partial charge is 0.478 e. The molecule has 1 aliphatic rings. The molecule has 1 rings (SSSR count). The number of carbonyl (C=O) groups excluding carboxylic acids is 2. The van der Waals surface area contributed by atoms with Crippen molar-refractivity contribution in [3.8, 4) is 0 Å². The summed E-state index contributed by atoms with van der Waals surface area (Å²) in [6.07, 6.45) is 4.55. The number of piperidine rings is 1. The third kappa shape index (κ3) is 7.32. The molecule has 32 heavy (non-hydrogen) atoms. The Kier molecular flexibility index (Phi) is 10.9. The number of hydrogen-bond donors (Lipinski definition) is 2. The average Bonchev–Trinajstić information content (AvgIpc) is 2.73. The number of carbonyl (C=O) groups is 3. The van der Waals surface area contributed by atoms with Crippen LogP contribution in [0.15, 0.2) is 11.6 Å². The molecule has 1 aliphatic heterocycles. The van der Waals surface area contributed by atoms with Crippen LogP contribution in [0.3, 0.4) is 0 Å². The van der Waals surface area contributed by atoms with Crippen LogP contribution >= 0.6 is 0 Å². The lowest BCUT2D eigenvalue weighted by Gasteiger charge is -2.42. The number of amides is 2. The number of aliphatic carboxylic acids is 1. The van der Waals surface area contributed by atoms with Gasteiger partial charge in [0.1, 0.15) is 6.04 Å². The third-order valence-electron chi connectivity index (χ3n) is 6.73. The van der Waals surface area contributed by atoms with E-state index in [4.69, 9.17) is 0 Å². The Morgan fingerprint density at radius 2 is 1.69 bits per heavy atom. The number of carboxylic acid groups (broad SMARTS) is 1. The highest BCUT2D eigenvalue weighted by Gasteiger charge is 2.37. The smallest absolute Gasteiger partial charge is 0.331 e. The van der Waals surface area contributed by atoms with Gasteiger partial charge in [-0.3, -0.25) is 14.5 Å². The van der Waals surface area contributed by atoms with E-state index in [0.717, 1.165) is 25.8 Å². The zero-order valence-corrected chi connectivity index (χ0v) is 21.5. The molecule has 184 valence electrons. The minimum absolute atomic E-state index is 0.0301. The predicted molar refractivity (Wildman–Crippen MR) is 128 cm³/mol. The lowest BCUT2D eigenvalue weighted by atomic mass is 9.89. The first-order valence-corrected chi connectivity index (χ1v) is 12.1. The van der Waals surface area contributed by atoms with Crippen molar-refractivity contribution in [3.05, 3.63) is 11.6 Å². The van der Waals surface area contributed by atoms with Crippen molar-refractivity contribution < 1.29 is 19.5 Å². The van der Waals surface area contributed by atoms with Gasteiger partial charge in [-0.1, -0.05) is 47.1 Å². The minimum Gasteiger partial charge on any atom is -0.478 e.